The van der Waals surface area contributed by atoms with Crippen molar-refractivity contribution in [2.45, 2.75) is 37.8 Å². The fourth-order valence-electron chi connectivity index (χ4n) is 3.17. The number of likely N-dealkylation sites (N-methyl/N-ethyl adjacent to an activating group) is 1. The Balaban J connectivity index is 2.39. The Morgan fingerprint density at radius 3 is 2.16 bits per heavy atom. The van der Waals surface area contributed by atoms with Crippen LogP contribution in [0.4, 0.5) is 5.69 Å². The van der Waals surface area contributed by atoms with Gasteiger partial charge in [0.05, 0.1) is 11.4 Å². The summed E-state index contributed by atoms with van der Waals surface area (Å²) in [5.41, 5.74) is 6.85. The van der Waals surface area contributed by atoms with Crippen LogP contribution in [-0.4, -0.2) is 44.2 Å². The molecule has 0 aliphatic carbocycles. The summed E-state index contributed by atoms with van der Waals surface area (Å²) in [7, 11) is -2.38. The van der Waals surface area contributed by atoms with E-state index in [1.54, 1.807) is 31.3 Å². The summed E-state index contributed by atoms with van der Waals surface area (Å²) in [5, 5.41) is 5.90. The average Bonchev–Trinajstić information content (AvgIpc) is 2.72. The number of anilines is 1. The van der Waals surface area contributed by atoms with Crippen LogP contribution < -0.4 is 16.4 Å². The monoisotopic (exact) mass is 480 g/mol. The highest BCUT2D eigenvalue weighted by molar-refractivity contribution is 7.89. The lowest BCUT2D eigenvalue weighted by Crippen LogP contribution is -2.48. The van der Waals surface area contributed by atoms with E-state index in [1.807, 2.05) is 13.8 Å². The summed E-state index contributed by atoms with van der Waals surface area (Å²) >= 11 is 5.91. The summed E-state index contributed by atoms with van der Waals surface area (Å²) in [6.45, 7) is 3.90. The van der Waals surface area contributed by atoms with Crippen LogP contribution in [0.3, 0.4) is 0 Å². The van der Waals surface area contributed by atoms with Crippen molar-refractivity contribution in [3.63, 3.8) is 0 Å². The topological polar surface area (TPSA) is 122 Å². The van der Waals surface area contributed by atoms with Gasteiger partial charge in [0, 0.05) is 17.3 Å². The van der Waals surface area contributed by atoms with Crippen molar-refractivity contribution < 1.29 is 18.0 Å². The molecule has 0 aliphatic heterocycles. The minimum Gasteiger partial charge on any atom is -0.368 e. The van der Waals surface area contributed by atoms with Gasteiger partial charge in [-0.05, 0) is 61.3 Å². The molecule has 8 nitrogen and oxygen atoms in total. The molecular weight excluding hydrogens is 452 g/mol. The molecule has 0 heterocycles. The van der Waals surface area contributed by atoms with Gasteiger partial charge in [0.1, 0.15) is 6.04 Å². The second-order valence-corrected chi connectivity index (χ2v) is 10.2. The van der Waals surface area contributed by atoms with Gasteiger partial charge in [0.2, 0.25) is 21.8 Å². The maximum absolute atomic E-state index is 13.5. The largest absolute Gasteiger partial charge is 0.368 e. The zero-order chi connectivity index (χ0) is 23.9. The van der Waals surface area contributed by atoms with Gasteiger partial charge in [-0.25, -0.2) is 8.42 Å². The molecule has 1 atom stereocenters. The minimum atomic E-state index is -4.05. The molecule has 10 heteroatoms. The molecule has 0 aliphatic rings. The first-order valence-corrected chi connectivity index (χ1v) is 12.0. The number of primary amides is 1. The Bertz CT molecular complexity index is 1020. The lowest BCUT2D eigenvalue weighted by molar-refractivity contribution is -0.122. The van der Waals surface area contributed by atoms with E-state index in [1.165, 1.54) is 24.3 Å². The molecule has 0 spiro atoms. The van der Waals surface area contributed by atoms with Crippen LogP contribution in [-0.2, 0) is 26.2 Å². The number of halogens is 1. The number of nitrogens with one attached hydrogen (secondary N) is 2. The SMILES string of the molecule is CNCC(=O)Nc1ccc(CN([C@H](CC(C)C)C(N)=O)S(=O)(=O)c2ccc(Cl)cc2)cc1. The van der Waals surface area contributed by atoms with E-state index in [-0.39, 0.29) is 36.2 Å². The Morgan fingerprint density at radius 2 is 1.66 bits per heavy atom. The smallest absolute Gasteiger partial charge is 0.244 e. The summed E-state index contributed by atoms with van der Waals surface area (Å²) in [5.74, 6) is -0.870. The van der Waals surface area contributed by atoms with Crippen LogP contribution in [0.15, 0.2) is 53.4 Å². The summed E-state index contributed by atoms with van der Waals surface area (Å²) in [6, 6.07) is 11.5. The highest BCUT2D eigenvalue weighted by atomic mass is 35.5. The molecule has 4 N–H and O–H groups in total. The number of sulfonamides is 1. The first kappa shape index (κ1) is 25.8. The van der Waals surface area contributed by atoms with E-state index in [9.17, 15) is 18.0 Å². The van der Waals surface area contributed by atoms with Crippen LogP contribution in [0.1, 0.15) is 25.8 Å². The van der Waals surface area contributed by atoms with Crippen molar-refractivity contribution in [2.24, 2.45) is 11.7 Å². The number of hydrogen-bond acceptors (Lipinski definition) is 5. The van der Waals surface area contributed by atoms with Crippen LogP contribution >= 0.6 is 11.6 Å². The molecule has 0 bridgehead atoms. The van der Waals surface area contributed by atoms with Crippen molar-refractivity contribution >= 4 is 39.1 Å². The number of amides is 2. The third-order valence-electron chi connectivity index (χ3n) is 4.70. The molecule has 2 rings (SSSR count). The summed E-state index contributed by atoms with van der Waals surface area (Å²) in [6.07, 6.45) is 0.278. The van der Waals surface area contributed by atoms with Crippen LogP contribution in [0.2, 0.25) is 5.02 Å². The van der Waals surface area contributed by atoms with E-state index in [0.717, 1.165) is 4.31 Å². The van der Waals surface area contributed by atoms with Crippen LogP contribution in [0.5, 0.6) is 0 Å². The molecule has 0 fully saturated rings. The standard InChI is InChI=1S/C22H29ClN4O4S/c1-15(2)12-20(22(24)29)27(32(30,31)19-10-6-17(23)7-11-19)14-16-4-8-18(9-5-16)26-21(28)13-25-3/h4-11,15,20,25H,12-14H2,1-3H3,(H2,24,29)(H,26,28)/t20-/m1/s1. The van der Waals surface area contributed by atoms with Gasteiger partial charge < -0.3 is 16.4 Å². The zero-order valence-electron chi connectivity index (χ0n) is 18.3. The highest BCUT2D eigenvalue weighted by Gasteiger charge is 2.35. The van der Waals surface area contributed by atoms with Gasteiger partial charge in [0.15, 0.2) is 0 Å². The quantitative estimate of drug-likeness (QED) is 0.456. The number of nitrogens with zero attached hydrogens (tertiary/aromatic N) is 1. The molecule has 32 heavy (non-hydrogen) atoms. The zero-order valence-corrected chi connectivity index (χ0v) is 19.9. The van der Waals surface area contributed by atoms with Gasteiger partial charge in [-0.15, -0.1) is 0 Å². The molecule has 174 valence electrons. The molecule has 2 amide bonds. The Hall–Kier alpha value is -2.46. The van der Waals surface area contributed by atoms with Gasteiger partial charge in [-0.2, -0.15) is 4.31 Å². The van der Waals surface area contributed by atoms with E-state index in [0.29, 0.717) is 16.3 Å². The third-order valence-corrected chi connectivity index (χ3v) is 6.83. The molecule has 2 aromatic rings. The average molecular weight is 481 g/mol. The fourth-order valence-corrected chi connectivity index (χ4v) is 4.89. The molecule has 0 radical (unpaired) electrons. The van der Waals surface area contributed by atoms with Crippen LogP contribution in [0, 0.1) is 5.92 Å². The first-order chi connectivity index (χ1) is 15.0. The molecule has 0 saturated carbocycles. The van der Waals surface area contributed by atoms with Gasteiger partial charge >= 0.3 is 0 Å². The fraction of sp³-hybridized carbons (Fsp3) is 0.364. The maximum atomic E-state index is 13.5. The first-order valence-electron chi connectivity index (χ1n) is 10.1. The van der Waals surface area contributed by atoms with E-state index < -0.39 is 22.0 Å². The van der Waals surface area contributed by atoms with Crippen molar-refractivity contribution in [2.75, 3.05) is 18.9 Å². The number of benzene rings is 2. The van der Waals surface area contributed by atoms with Gasteiger partial charge in [0.25, 0.3) is 0 Å². The number of hydrogen-bond donors (Lipinski definition) is 3. The van der Waals surface area contributed by atoms with Gasteiger partial charge in [-0.1, -0.05) is 37.6 Å². The summed E-state index contributed by atoms with van der Waals surface area (Å²) < 4.78 is 28.1. The third kappa shape index (κ3) is 7.03. The number of carbonyl (C=O) groups excluding carboxylic acids is 2. The van der Waals surface area contributed by atoms with E-state index in [2.05, 4.69) is 10.6 Å². The Labute approximate surface area is 194 Å². The number of rotatable bonds is 11. The molecule has 0 unspecified atom stereocenters. The second kappa shape index (κ2) is 11.4. The van der Waals surface area contributed by atoms with Crippen molar-refractivity contribution in [3.8, 4) is 0 Å². The molecule has 0 saturated heterocycles. The van der Waals surface area contributed by atoms with E-state index in [4.69, 9.17) is 17.3 Å². The van der Waals surface area contributed by atoms with Crippen molar-refractivity contribution in [1.82, 2.24) is 9.62 Å². The van der Waals surface area contributed by atoms with E-state index >= 15 is 0 Å². The molecule has 2 aromatic carbocycles. The van der Waals surface area contributed by atoms with Crippen molar-refractivity contribution in [1.29, 1.82) is 0 Å². The summed E-state index contributed by atoms with van der Waals surface area (Å²) in [4.78, 5) is 24.0. The predicted octanol–water partition coefficient (Wildman–Crippen LogP) is 2.59. The highest BCUT2D eigenvalue weighted by Crippen LogP contribution is 2.26. The molecule has 0 aromatic heterocycles. The second-order valence-electron chi connectivity index (χ2n) is 7.83. The lowest BCUT2D eigenvalue weighted by atomic mass is 10.0. The normalized spacial score (nSPS) is 12.7. The number of carbonyl (C=O) groups is 2. The Kier molecular flexibility index (Phi) is 9.21. The number of nitrogens with two attached hydrogens (primary N) is 1. The predicted molar refractivity (Wildman–Crippen MR) is 126 cm³/mol. The minimum absolute atomic E-state index is 0.0212. The lowest BCUT2D eigenvalue weighted by Gasteiger charge is -2.30. The van der Waals surface area contributed by atoms with Crippen molar-refractivity contribution in [3.05, 3.63) is 59.1 Å². The molecular formula is C22H29ClN4O4S. The van der Waals surface area contributed by atoms with Gasteiger partial charge in [-0.3, -0.25) is 9.59 Å². The Morgan fingerprint density at radius 1 is 1.06 bits per heavy atom. The maximum Gasteiger partial charge on any atom is 0.244 e. The van der Waals surface area contributed by atoms with Crippen LogP contribution in [0.25, 0.3) is 0 Å².